The summed E-state index contributed by atoms with van der Waals surface area (Å²) in [6.07, 6.45) is 0. The summed E-state index contributed by atoms with van der Waals surface area (Å²) in [6, 6.07) is 23.3. The van der Waals surface area contributed by atoms with Crippen LogP contribution in [0.3, 0.4) is 0 Å². The SMILES string of the molecule is Nc1cccc(-c2ccc3sc4ccccc4c3c2)c1. The quantitative estimate of drug-likeness (QED) is 0.468. The van der Waals surface area contributed by atoms with Crippen molar-refractivity contribution in [2.45, 2.75) is 0 Å². The third-order valence-electron chi connectivity index (χ3n) is 3.60. The molecule has 3 aromatic carbocycles. The van der Waals surface area contributed by atoms with Gasteiger partial charge in [-0.2, -0.15) is 0 Å². The fourth-order valence-corrected chi connectivity index (χ4v) is 3.71. The van der Waals surface area contributed by atoms with Crippen LogP contribution in [0.2, 0.25) is 0 Å². The van der Waals surface area contributed by atoms with E-state index >= 15 is 0 Å². The number of benzene rings is 3. The van der Waals surface area contributed by atoms with Crippen LogP contribution in [0.25, 0.3) is 31.3 Å². The molecule has 0 amide bonds. The largest absolute Gasteiger partial charge is 0.399 e. The van der Waals surface area contributed by atoms with Crippen LogP contribution in [0.15, 0.2) is 66.7 Å². The molecule has 1 nitrogen and oxygen atoms in total. The van der Waals surface area contributed by atoms with Gasteiger partial charge in [0.1, 0.15) is 0 Å². The monoisotopic (exact) mass is 275 g/mol. The van der Waals surface area contributed by atoms with E-state index in [1.807, 2.05) is 29.5 Å². The summed E-state index contributed by atoms with van der Waals surface area (Å²) in [5.74, 6) is 0. The van der Waals surface area contributed by atoms with Gasteiger partial charge in [0.05, 0.1) is 0 Å². The highest BCUT2D eigenvalue weighted by Gasteiger charge is 2.06. The molecule has 0 radical (unpaired) electrons. The Labute approximate surface area is 121 Å². The predicted octanol–water partition coefficient (Wildman–Crippen LogP) is 5.30. The van der Waals surface area contributed by atoms with Crippen LogP contribution in [0.5, 0.6) is 0 Å². The van der Waals surface area contributed by atoms with Gasteiger partial charge >= 0.3 is 0 Å². The molecule has 0 fully saturated rings. The van der Waals surface area contributed by atoms with E-state index in [9.17, 15) is 0 Å². The zero-order valence-electron chi connectivity index (χ0n) is 10.8. The Balaban J connectivity index is 2.00. The Morgan fingerprint density at radius 2 is 1.45 bits per heavy atom. The maximum atomic E-state index is 5.88. The van der Waals surface area contributed by atoms with Crippen LogP contribution in [0.4, 0.5) is 5.69 Å². The van der Waals surface area contributed by atoms with E-state index in [2.05, 4.69) is 48.5 Å². The Morgan fingerprint density at radius 3 is 2.35 bits per heavy atom. The first-order valence-electron chi connectivity index (χ1n) is 6.58. The summed E-state index contributed by atoms with van der Waals surface area (Å²) in [5.41, 5.74) is 9.07. The van der Waals surface area contributed by atoms with E-state index in [4.69, 9.17) is 5.73 Å². The van der Waals surface area contributed by atoms with Crippen molar-refractivity contribution in [3.8, 4) is 11.1 Å². The number of nitrogen functional groups attached to an aromatic ring is 1. The minimum Gasteiger partial charge on any atom is -0.399 e. The molecule has 0 aliphatic carbocycles. The molecule has 2 heteroatoms. The van der Waals surface area contributed by atoms with E-state index in [0.29, 0.717) is 0 Å². The molecule has 0 spiro atoms. The molecular weight excluding hydrogens is 262 g/mol. The lowest BCUT2D eigenvalue weighted by Crippen LogP contribution is -1.84. The third-order valence-corrected chi connectivity index (χ3v) is 4.75. The molecule has 20 heavy (non-hydrogen) atoms. The van der Waals surface area contributed by atoms with Gasteiger partial charge in [-0.15, -0.1) is 11.3 Å². The van der Waals surface area contributed by atoms with Gasteiger partial charge in [-0.1, -0.05) is 36.4 Å². The number of hydrogen-bond donors (Lipinski definition) is 1. The number of hydrogen-bond acceptors (Lipinski definition) is 2. The van der Waals surface area contributed by atoms with Gasteiger partial charge in [0.2, 0.25) is 0 Å². The average molecular weight is 275 g/mol. The van der Waals surface area contributed by atoms with Crippen LogP contribution in [0.1, 0.15) is 0 Å². The smallest absolute Gasteiger partial charge is 0.0355 e. The molecule has 1 aromatic heterocycles. The molecule has 4 aromatic rings. The normalized spacial score (nSPS) is 11.2. The second kappa shape index (κ2) is 4.36. The second-order valence-corrected chi connectivity index (χ2v) is 6.02. The van der Waals surface area contributed by atoms with Crippen molar-refractivity contribution in [1.29, 1.82) is 0 Å². The summed E-state index contributed by atoms with van der Waals surface area (Å²) in [6.45, 7) is 0. The fourth-order valence-electron chi connectivity index (χ4n) is 2.62. The summed E-state index contributed by atoms with van der Waals surface area (Å²) in [7, 11) is 0. The number of anilines is 1. The van der Waals surface area contributed by atoms with Crippen molar-refractivity contribution < 1.29 is 0 Å². The van der Waals surface area contributed by atoms with Gasteiger partial charge < -0.3 is 5.73 Å². The van der Waals surface area contributed by atoms with Gasteiger partial charge in [0, 0.05) is 25.9 Å². The maximum absolute atomic E-state index is 5.88. The van der Waals surface area contributed by atoms with Crippen LogP contribution >= 0.6 is 11.3 Å². The van der Waals surface area contributed by atoms with E-state index in [1.54, 1.807) is 0 Å². The van der Waals surface area contributed by atoms with Gasteiger partial charge in [0.15, 0.2) is 0 Å². The molecule has 0 unspecified atom stereocenters. The fraction of sp³-hybridized carbons (Fsp3) is 0. The lowest BCUT2D eigenvalue weighted by molar-refractivity contribution is 1.64. The third kappa shape index (κ3) is 1.77. The molecule has 2 N–H and O–H groups in total. The maximum Gasteiger partial charge on any atom is 0.0355 e. The lowest BCUT2D eigenvalue weighted by atomic mass is 10.0. The topological polar surface area (TPSA) is 26.0 Å². The van der Waals surface area contributed by atoms with Crippen molar-refractivity contribution in [2.75, 3.05) is 5.73 Å². The molecule has 4 rings (SSSR count). The second-order valence-electron chi connectivity index (χ2n) is 4.93. The minimum atomic E-state index is 0.803. The van der Waals surface area contributed by atoms with Crippen molar-refractivity contribution in [3.05, 3.63) is 66.7 Å². The molecule has 0 bridgehead atoms. The average Bonchev–Trinajstić information content (AvgIpc) is 2.85. The van der Waals surface area contributed by atoms with E-state index in [1.165, 1.54) is 31.3 Å². The van der Waals surface area contributed by atoms with Gasteiger partial charge in [-0.3, -0.25) is 0 Å². The first-order chi connectivity index (χ1) is 9.81. The molecule has 0 atom stereocenters. The lowest BCUT2D eigenvalue weighted by Gasteiger charge is -2.03. The first-order valence-corrected chi connectivity index (χ1v) is 7.40. The Hall–Kier alpha value is -2.32. The van der Waals surface area contributed by atoms with Crippen molar-refractivity contribution in [1.82, 2.24) is 0 Å². The standard InChI is InChI=1S/C18H13NS/c19-14-5-3-4-12(10-14)13-8-9-18-16(11-13)15-6-1-2-7-17(15)20-18/h1-11H,19H2. The van der Waals surface area contributed by atoms with E-state index in [0.717, 1.165) is 5.69 Å². The van der Waals surface area contributed by atoms with Crippen LogP contribution in [-0.4, -0.2) is 0 Å². The summed E-state index contributed by atoms with van der Waals surface area (Å²) >= 11 is 1.84. The van der Waals surface area contributed by atoms with Crippen molar-refractivity contribution >= 4 is 37.2 Å². The summed E-state index contributed by atoms with van der Waals surface area (Å²) in [4.78, 5) is 0. The number of fused-ring (bicyclic) bond motifs is 3. The minimum absolute atomic E-state index is 0.803. The van der Waals surface area contributed by atoms with Gasteiger partial charge in [-0.05, 0) is 41.5 Å². The Bertz CT molecular complexity index is 921. The van der Waals surface area contributed by atoms with Gasteiger partial charge in [-0.25, -0.2) is 0 Å². The highest BCUT2D eigenvalue weighted by Crippen LogP contribution is 2.36. The van der Waals surface area contributed by atoms with Crippen molar-refractivity contribution in [2.24, 2.45) is 0 Å². The highest BCUT2D eigenvalue weighted by atomic mass is 32.1. The van der Waals surface area contributed by atoms with E-state index < -0.39 is 0 Å². The van der Waals surface area contributed by atoms with Gasteiger partial charge in [0.25, 0.3) is 0 Å². The molecule has 0 saturated carbocycles. The van der Waals surface area contributed by atoms with Crippen LogP contribution in [-0.2, 0) is 0 Å². The number of nitrogens with two attached hydrogens (primary N) is 1. The van der Waals surface area contributed by atoms with Crippen molar-refractivity contribution in [3.63, 3.8) is 0 Å². The summed E-state index contributed by atoms with van der Waals surface area (Å²) < 4.78 is 2.67. The Morgan fingerprint density at radius 1 is 0.650 bits per heavy atom. The van der Waals surface area contributed by atoms with E-state index in [-0.39, 0.29) is 0 Å². The summed E-state index contributed by atoms with van der Waals surface area (Å²) in [5, 5.41) is 2.66. The molecular formula is C18H13NS. The zero-order chi connectivity index (χ0) is 13.5. The molecule has 0 aliphatic rings. The molecule has 96 valence electrons. The number of thiophene rings is 1. The highest BCUT2D eigenvalue weighted by molar-refractivity contribution is 7.25. The molecule has 1 heterocycles. The first kappa shape index (κ1) is 11.5. The van der Waals surface area contributed by atoms with Crippen LogP contribution < -0.4 is 5.73 Å². The van der Waals surface area contributed by atoms with Crippen LogP contribution in [0, 0.1) is 0 Å². The molecule has 0 aliphatic heterocycles. The molecule has 0 saturated heterocycles. The Kier molecular flexibility index (Phi) is 2.51. The zero-order valence-corrected chi connectivity index (χ0v) is 11.7. The number of rotatable bonds is 1. The predicted molar refractivity (Wildman–Crippen MR) is 89.2 cm³/mol.